The van der Waals surface area contributed by atoms with Crippen molar-refractivity contribution in [2.24, 2.45) is 5.92 Å². The molecule has 0 aliphatic carbocycles. The van der Waals surface area contributed by atoms with Crippen LogP contribution in [0.3, 0.4) is 0 Å². The van der Waals surface area contributed by atoms with Crippen molar-refractivity contribution >= 4 is 5.91 Å². The number of carbonyl (C=O) groups is 1. The minimum Gasteiger partial charge on any atom is -0.343 e. The third-order valence-electron chi connectivity index (χ3n) is 5.61. The highest BCUT2D eigenvalue weighted by Gasteiger charge is 2.28. The molecule has 1 aliphatic rings. The Hall–Kier alpha value is -3.12. The molecule has 1 aliphatic heterocycles. The summed E-state index contributed by atoms with van der Waals surface area (Å²) in [5.74, 6) is -0.211. The highest BCUT2D eigenvalue weighted by Crippen LogP contribution is 2.24. The maximum Gasteiger partial charge on any atom is 0.224 e. The number of nitrogens with one attached hydrogen (secondary N) is 1. The first-order chi connectivity index (χ1) is 14.7. The summed E-state index contributed by atoms with van der Waals surface area (Å²) in [5.41, 5.74) is 2.39. The largest absolute Gasteiger partial charge is 0.343 e. The van der Waals surface area contributed by atoms with Crippen LogP contribution in [0.2, 0.25) is 0 Å². The van der Waals surface area contributed by atoms with Gasteiger partial charge in [-0.05, 0) is 37.6 Å². The summed E-state index contributed by atoms with van der Waals surface area (Å²) >= 11 is 0. The Labute approximate surface area is 176 Å². The Morgan fingerprint density at radius 2 is 1.80 bits per heavy atom. The number of carbonyl (C=O) groups excluding carboxylic acids is 1. The zero-order valence-corrected chi connectivity index (χ0v) is 16.7. The van der Waals surface area contributed by atoms with E-state index < -0.39 is 0 Å². The predicted octanol–water partition coefficient (Wildman–Crippen LogP) is 3.73. The molecule has 30 heavy (non-hydrogen) atoms. The van der Waals surface area contributed by atoms with Crippen LogP contribution in [0.4, 0.5) is 4.39 Å². The number of nitrogens with zero attached hydrogens (tertiary/aromatic N) is 3. The van der Waals surface area contributed by atoms with Crippen LogP contribution in [-0.2, 0) is 11.3 Å². The van der Waals surface area contributed by atoms with Gasteiger partial charge in [0.25, 0.3) is 0 Å². The standard InChI is InChI=1S/C24H25FN4O/c25-21-9-5-4-8-20(21)17-29-14-10-19(11-15-29)24(30)28-23(18-6-2-1-3-7-18)22-16-26-12-13-27-22/h1-9,12-13,16,19,23H,10-11,14-15,17H2,(H,28,30). The molecule has 2 aromatic carbocycles. The molecule has 1 N–H and O–H groups in total. The quantitative estimate of drug-likeness (QED) is 0.680. The molecule has 3 aromatic rings. The zero-order valence-electron chi connectivity index (χ0n) is 16.7. The van der Waals surface area contributed by atoms with E-state index in [1.165, 1.54) is 6.07 Å². The van der Waals surface area contributed by atoms with E-state index in [0.717, 1.165) is 31.5 Å². The van der Waals surface area contributed by atoms with Crippen LogP contribution < -0.4 is 5.32 Å². The molecular weight excluding hydrogens is 379 g/mol. The number of piperidine rings is 1. The number of rotatable bonds is 6. The van der Waals surface area contributed by atoms with Crippen LogP contribution in [0.25, 0.3) is 0 Å². The van der Waals surface area contributed by atoms with Gasteiger partial charge in [0.15, 0.2) is 0 Å². The lowest BCUT2D eigenvalue weighted by Gasteiger charge is -2.32. The molecule has 1 aromatic heterocycles. The van der Waals surface area contributed by atoms with Gasteiger partial charge in [-0.15, -0.1) is 0 Å². The average Bonchev–Trinajstić information content (AvgIpc) is 2.80. The lowest BCUT2D eigenvalue weighted by molar-refractivity contribution is -0.127. The van der Waals surface area contributed by atoms with Gasteiger partial charge in [-0.1, -0.05) is 48.5 Å². The number of benzene rings is 2. The van der Waals surface area contributed by atoms with Crippen LogP contribution in [0.5, 0.6) is 0 Å². The third kappa shape index (κ3) is 4.89. The number of hydrogen-bond acceptors (Lipinski definition) is 4. The first-order valence-electron chi connectivity index (χ1n) is 10.3. The first kappa shape index (κ1) is 20.2. The molecule has 1 saturated heterocycles. The van der Waals surface area contributed by atoms with Crippen LogP contribution in [0, 0.1) is 11.7 Å². The van der Waals surface area contributed by atoms with E-state index in [2.05, 4.69) is 20.2 Å². The number of amides is 1. The fourth-order valence-corrected chi connectivity index (χ4v) is 3.91. The molecule has 1 atom stereocenters. The van der Waals surface area contributed by atoms with Crippen LogP contribution in [0.1, 0.15) is 35.7 Å². The fraction of sp³-hybridized carbons (Fsp3) is 0.292. The summed E-state index contributed by atoms with van der Waals surface area (Å²) in [7, 11) is 0. The van der Waals surface area contributed by atoms with Crippen molar-refractivity contribution in [2.75, 3.05) is 13.1 Å². The molecule has 0 spiro atoms. The summed E-state index contributed by atoms with van der Waals surface area (Å²) < 4.78 is 13.9. The number of hydrogen-bond donors (Lipinski definition) is 1. The van der Waals surface area contributed by atoms with Gasteiger partial charge in [-0.25, -0.2) is 4.39 Å². The first-order valence-corrected chi connectivity index (χ1v) is 10.3. The Kier molecular flexibility index (Phi) is 6.44. The summed E-state index contributed by atoms with van der Waals surface area (Å²) in [6.07, 6.45) is 6.46. The van der Waals surface area contributed by atoms with Gasteiger partial charge in [-0.3, -0.25) is 19.7 Å². The number of halogens is 1. The number of likely N-dealkylation sites (tertiary alicyclic amines) is 1. The SMILES string of the molecule is O=C(NC(c1ccccc1)c1cnccn1)C1CCN(Cc2ccccc2F)CC1. The van der Waals surface area contributed by atoms with E-state index in [1.807, 2.05) is 42.5 Å². The molecule has 1 fully saturated rings. The van der Waals surface area contributed by atoms with Gasteiger partial charge in [0.2, 0.25) is 5.91 Å². The highest BCUT2D eigenvalue weighted by atomic mass is 19.1. The second kappa shape index (κ2) is 9.59. The maximum absolute atomic E-state index is 13.9. The van der Waals surface area contributed by atoms with Crippen LogP contribution in [-0.4, -0.2) is 33.9 Å². The van der Waals surface area contributed by atoms with Crippen molar-refractivity contribution in [3.63, 3.8) is 0 Å². The summed E-state index contributed by atoms with van der Waals surface area (Å²) in [6, 6.07) is 16.4. The molecule has 1 unspecified atom stereocenters. The Bertz CT molecular complexity index is 920. The smallest absolute Gasteiger partial charge is 0.224 e. The zero-order chi connectivity index (χ0) is 20.8. The van der Waals surface area contributed by atoms with Crippen molar-refractivity contribution in [3.8, 4) is 0 Å². The summed E-state index contributed by atoms with van der Waals surface area (Å²) in [5, 5.41) is 3.17. The molecule has 5 nitrogen and oxygen atoms in total. The Morgan fingerprint density at radius 3 is 2.50 bits per heavy atom. The third-order valence-corrected chi connectivity index (χ3v) is 5.61. The second-order valence-corrected chi connectivity index (χ2v) is 7.62. The van der Waals surface area contributed by atoms with E-state index in [4.69, 9.17) is 0 Å². The predicted molar refractivity (Wildman–Crippen MR) is 113 cm³/mol. The fourth-order valence-electron chi connectivity index (χ4n) is 3.91. The topological polar surface area (TPSA) is 58.1 Å². The highest BCUT2D eigenvalue weighted by molar-refractivity contribution is 5.79. The Balaban J connectivity index is 1.39. The molecule has 1 amide bonds. The van der Waals surface area contributed by atoms with E-state index in [9.17, 15) is 9.18 Å². The van der Waals surface area contributed by atoms with E-state index in [1.54, 1.807) is 24.7 Å². The molecule has 4 rings (SSSR count). The van der Waals surface area contributed by atoms with Crippen LogP contribution >= 0.6 is 0 Å². The number of aromatic nitrogens is 2. The van der Waals surface area contributed by atoms with Gasteiger partial charge < -0.3 is 5.32 Å². The monoisotopic (exact) mass is 404 g/mol. The van der Waals surface area contributed by atoms with E-state index >= 15 is 0 Å². The van der Waals surface area contributed by atoms with Crippen molar-refractivity contribution in [1.29, 1.82) is 0 Å². The molecule has 0 saturated carbocycles. The van der Waals surface area contributed by atoms with Gasteiger partial charge in [0, 0.05) is 30.4 Å². The van der Waals surface area contributed by atoms with Crippen LogP contribution in [0.15, 0.2) is 73.2 Å². The molecule has 0 bridgehead atoms. The van der Waals surface area contributed by atoms with Crippen molar-refractivity contribution in [2.45, 2.75) is 25.4 Å². The van der Waals surface area contributed by atoms with Crippen molar-refractivity contribution in [1.82, 2.24) is 20.2 Å². The molecule has 2 heterocycles. The maximum atomic E-state index is 13.9. The van der Waals surface area contributed by atoms with Crippen molar-refractivity contribution < 1.29 is 9.18 Å². The van der Waals surface area contributed by atoms with Gasteiger partial charge in [0.1, 0.15) is 5.82 Å². The van der Waals surface area contributed by atoms with E-state index in [0.29, 0.717) is 17.8 Å². The molecule has 6 heteroatoms. The Morgan fingerprint density at radius 1 is 1.07 bits per heavy atom. The lowest BCUT2D eigenvalue weighted by Crippen LogP contribution is -2.41. The molecular formula is C24H25FN4O. The lowest BCUT2D eigenvalue weighted by atomic mass is 9.94. The van der Waals surface area contributed by atoms with Crippen molar-refractivity contribution in [3.05, 3.63) is 95.8 Å². The van der Waals surface area contributed by atoms with Gasteiger partial charge in [-0.2, -0.15) is 0 Å². The van der Waals surface area contributed by atoms with Gasteiger partial charge in [0.05, 0.1) is 17.9 Å². The summed E-state index contributed by atoms with van der Waals surface area (Å²) in [4.78, 5) is 23.8. The normalized spacial score (nSPS) is 16.2. The van der Waals surface area contributed by atoms with E-state index in [-0.39, 0.29) is 23.7 Å². The molecule has 154 valence electrons. The molecule has 0 radical (unpaired) electrons. The minimum absolute atomic E-state index is 0.0278. The average molecular weight is 404 g/mol. The van der Waals surface area contributed by atoms with Gasteiger partial charge >= 0.3 is 0 Å². The second-order valence-electron chi connectivity index (χ2n) is 7.62. The minimum atomic E-state index is -0.330. The summed E-state index contributed by atoms with van der Waals surface area (Å²) in [6.45, 7) is 2.12.